The number of hydrogen-bond donors (Lipinski definition) is 5. The second-order valence-electron chi connectivity index (χ2n) is 2.86. The number of aliphatic hydroxyl groups excluding tert-OH is 4. The lowest BCUT2D eigenvalue weighted by Gasteiger charge is -2.16. The number of nitrogens with two attached hydrogens (primary N) is 1. The molecular formula is C6H14NO4+. The van der Waals surface area contributed by atoms with Gasteiger partial charge in [-0.1, -0.05) is 0 Å². The fraction of sp³-hybridized carbons (Fsp3) is 1.00. The Morgan fingerprint density at radius 2 is 2.09 bits per heavy atom. The van der Waals surface area contributed by atoms with Crippen LogP contribution < -0.4 is 5.32 Å². The maximum atomic E-state index is 9.21. The molecule has 0 amide bonds. The number of aliphatic hydroxyl groups is 4. The minimum absolute atomic E-state index is 0.378. The minimum Gasteiger partial charge on any atom is -0.393 e. The van der Waals surface area contributed by atoms with Crippen LogP contribution in [0.5, 0.6) is 0 Å². The second kappa shape index (κ2) is 3.46. The lowest BCUT2D eigenvalue weighted by molar-refractivity contribution is -0.682. The molecule has 6 N–H and O–H groups in total. The lowest BCUT2D eigenvalue weighted by Crippen LogP contribution is -2.90. The zero-order valence-electron chi connectivity index (χ0n) is 6.09. The zero-order chi connectivity index (χ0) is 8.43. The third-order valence-corrected chi connectivity index (χ3v) is 2.07. The average molecular weight is 164 g/mol. The molecule has 11 heavy (non-hydrogen) atoms. The van der Waals surface area contributed by atoms with Crippen LogP contribution in [0, 0.1) is 0 Å². The Hall–Kier alpha value is -0.200. The Morgan fingerprint density at radius 3 is 2.45 bits per heavy atom. The third-order valence-electron chi connectivity index (χ3n) is 2.07. The highest BCUT2D eigenvalue weighted by Gasteiger charge is 2.41. The number of rotatable bonds is 2. The van der Waals surface area contributed by atoms with Gasteiger partial charge < -0.3 is 25.7 Å². The summed E-state index contributed by atoms with van der Waals surface area (Å²) >= 11 is 0. The Balaban J connectivity index is 2.47. The molecule has 5 nitrogen and oxygen atoms in total. The first-order chi connectivity index (χ1) is 5.16. The summed E-state index contributed by atoms with van der Waals surface area (Å²) in [5.74, 6) is 0. The zero-order valence-corrected chi connectivity index (χ0v) is 6.09. The summed E-state index contributed by atoms with van der Waals surface area (Å²) in [4.78, 5) is 0. The van der Waals surface area contributed by atoms with Gasteiger partial charge in [-0.3, -0.25) is 0 Å². The molecule has 0 aliphatic carbocycles. The molecule has 0 aromatic rings. The van der Waals surface area contributed by atoms with Crippen molar-refractivity contribution >= 4 is 0 Å². The van der Waals surface area contributed by atoms with Gasteiger partial charge in [0.15, 0.2) is 0 Å². The van der Waals surface area contributed by atoms with E-state index in [1.54, 1.807) is 5.32 Å². The van der Waals surface area contributed by atoms with Crippen LogP contribution in [-0.2, 0) is 0 Å². The highest BCUT2D eigenvalue weighted by Crippen LogP contribution is 2.04. The van der Waals surface area contributed by atoms with E-state index in [0.29, 0.717) is 6.54 Å². The Labute approximate surface area is 64.3 Å². The summed E-state index contributed by atoms with van der Waals surface area (Å²) in [5, 5.41) is 37.5. The van der Waals surface area contributed by atoms with Gasteiger partial charge >= 0.3 is 0 Å². The van der Waals surface area contributed by atoms with E-state index < -0.39 is 24.4 Å². The third kappa shape index (κ3) is 1.69. The molecule has 0 aromatic heterocycles. The molecule has 5 heteroatoms. The predicted octanol–water partition coefficient (Wildman–Crippen LogP) is -3.99. The smallest absolute Gasteiger partial charge is 0.143 e. The standard InChI is InChI=1S/C6H13NO4/c8-2-4(10)5-6(11)3(9)1-7-5/h3-11H,1-2H2/p+1/t3-,4-,5+,6+/m1/s1. The van der Waals surface area contributed by atoms with Gasteiger partial charge in [0.1, 0.15) is 30.9 Å². The molecule has 0 radical (unpaired) electrons. The van der Waals surface area contributed by atoms with Crippen molar-refractivity contribution in [2.45, 2.75) is 24.4 Å². The van der Waals surface area contributed by atoms with Gasteiger partial charge in [0.05, 0.1) is 6.61 Å². The van der Waals surface area contributed by atoms with E-state index in [0.717, 1.165) is 0 Å². The topological polar surface area (TPSA) is 97.5 Å². The van der Waals surface area contributed by atoms with Crippen LogP contribution in [0.3, 0.4) is 0 Å². The van der Waals surface area contributed by atoms with E-state index in [9.17, 15) is 5.11 Å². The largest absolute Gasteiger partial charge is 0.393 e. The van der Waals surface area contributed by atoms with E-state index in [-0.39, 0.29) is 6.61 Å². The van der Waals surface area contributed by atoms with E-state index in [2.05, 4.69) is 0 Å². The summed E-state index contributed by atoms with van der Waals surface area (Å²) in [7, 11) is 0. The van der Waals surface area contributed by atoms with E-state index in [1.807, 2.05) is 0 Å². The molecule has 0 bridgehead atoms. The maximum absolute atomic E-state index is 9.21. The quantitative estimate of drug-likeness (QED) is 0.287. The van der Waals surface area contributed by atoms with E-state index >= 15 is 0 Å². The molecule has 1 rings (SSSR count). The van der Waals surface area contributed by atoms with Crippen LogP contribution in [0.4, 0.5) is 0 Å². The first-order valence-corrected chi connectivity index (χ1v) is 3.65. The van der Waals surface area contributed by atoms with Crippen molar-refractivity contribution < 1.29 is 25.7 Å². The Bertz CT molecular complexity index is 132. The van der Waals surface area contributed by atoms with Crippen molar-refractivity contribution in [1.82, 2.24) is 0 Å². The first kappa shape index (κ1) is 8.89. The molecule has 0 saturated carbocycles. The molecule has 1 aliphatic heterocycles. The second-order valence-corrected chi connectivity index (χ2v) is 2.86. The molecule has 0 aromatic carbocycles. The summed E-state index contributed by atoms with van der Waals surface area (Å²) in [6.45, 7) is -0.00611. The first-order valence-electron chi connectivity index (χ1n) is 3.65. The van der Waals surface area contributed by atoms with Crippen LogP contribution in [-0.4, -0.2) is 57.9 Å². The monoisotopic (exact) mass is 164 g/mol. The lowest BCUT2D eigenvalue weighted by atomic mass is 10.1. The molecule has 4 atom stereocenters. The molecule has 1 fully saturated rings. The number of quaternary nitrogens is 1. The van der Waals surface area contributed by atoms with Crippen LogP contribution in [0.15, 0.2) is 0 Å². The minimum atomic E-state index is -0.956. The number of hydrogen-bond acceptors (Lipinski definition) is 4. The van der Waals surface area contributed by atoms with Gasteiger partial charge in [0.2, 0.25) is 0 Å². The highest BCUT2D eigenvalue weighted by molar-refractivity contribution is 4.83. The van der Waals surface area contributed by atoms with Gasteiger partial charge in [0.25, 0.3) is 0 Å². The molecule has 0 spiro atoms. The van der Waals surface area contributed by atoms with E-state index in [1.165, 1.54) is 0 Å². The van der Waals surface area contributed by atoms with Crippen molar-refractivity contribution in [3.05, 3.63) is 0 Å². The molecule has 66 valence electrons. The Kier molecular flexibility index (Phi) is 2.80. The fourth-order valence-electron chi connectivity index (χ4n) is 1.34. The summed E-state index contributed by atoms with van der Waals surface area (Å²) < 4.78 is 0. The van der Waals surface area contributed by atoms with Crippen molar-refractivity contribution in [3.8, 4) is 0 Å². The molecular weight excluding hydrogens is 150 g/mol. The molecule has 1 heterocycles. The SMILES string of the molecule is OC[C@@H](O)[C@@H]1[NH2+]C[C@@H](O)[C@@H]1O. The molecule has 0 unspecified atom stereocenters. The maximum Gasteiger partial charge on any atom is 0.143 e. The Morgan fingerprint density at radius 1 is 1.45 bits per heavy atom. The van der Waals surface area contributed by atoms with Gasteiger partial charge in [-0.05, 0) is 0 Å². The fourth-order valence-corrected chi connectivity index (χ4v) is 1.34. The van der Waals surface area contributed by atoms with Crippen molar-refractivity contribution in [2.24, 2.45) is 0 Å². The van der Waals surface area contributed by atoms with Crippen molar-refractivity contribution in [2.75, 3.05) is 13.2 Å². The molecule has 1 saturated heterocycles. The van der Waals surface area contributed by atoms with Crippen LogP contribution >= 0.6 is 0 Å². The van der Waals surface area contributed by atoms with Gasteiger partial charge in [-0.2, -0.15) is 0 Å². The van der Waals surface area contributed by atoms with Crippen molar-refractivity contribution in [3.63, 3.8) is 0 Å². The van der Waals surface area contributed by atoms with Crippen molar-refractivity contribution in [1.29, 1.82) is 0 Å². The predicted molar refractivity (Wildman–Crippen MR) is 35.7 cm³/mol. The highest BCUT2D eigenvalue weighted by atomic mass is 16.3. The van der Waals surface area contributed by atoms with Gasteiger partial charge in [-0.25, -0.2) is 0 Å². The van der Waals surface area contributed by atoms with Gasteiger partial charge in [-0.15, -0.1) is 0 Å². The average Bonchev–Trinajstić information content (AvgIpc) is 2.32. The summed E-state index contributed by atoms with van der Waals surface area (Å²) in [6.07, 6.45) is -2.68. The summed E-state index contributed by atoms with van der Waals surface area (Å²) in [5.41, 5.74) is 0. The van der Waals surface area contributed by atoms with Crippen LogP contribution in [0.25, 0.3) is 0 Å². The summed E-state index contributed by atoms with van der Waals surface area (Å²) in [6, 6.07) is -0.491. The molecule has 1 aliphatic rings. The van der Waals surface area contributed by atoms with Crippen LogP contribution in [0.2, 0.25) is 0 Å². The normalized spacial score (nSPS) is 40.9. The van der Waals surface area contributed by atoms with Gasteiger partial charge in [0, 0.05) is 0 Å². The van der Waals surface area contributed by atoms with Crippen LogP contribution in [0.1, 0.15) is 0 Å². The van der Waals surface area contributed by atoms with E-state index in [4.69, 9.17) is 15.3 Å².